The molecule has 1 heterocycles. The first-order valence-electron chi connectivity index (χ1n) is 9.41. The number of nitrogens with one attached hydrogen (secondary N) is 2. The van der Waals surface area contributed by atoms with Gasteiger partial charge in [0.2, 0.25) is 5.91 Å². The molecule has 1 amide bonds. The highest BCUT2D eigenvalue weighted by Gasteiger charge is 2.35. The van der Waals surface area contributed by atoms with Crippen LogP contribution in [0.2, 0.25) is 0 Å². The van der Waals surface area contributed by atoms with Gasteiger partial charge >= 0.3 is 0 Å². The SMILES string of the molecule is CNC(=O)[C@@H]1C[C@H](NCc2cc(F)ccc2F)CN1CC=Cc1ccccc1. The van der Waals surface area contributed by atoms with Gasteiger partial charge in [0.15, 0.2) is 0 Å². The Balaban J connectivity index is 1.61. The average molecular weight is 385 g/mol. The summed E-state index contributed by atoms with van der Waals surface area (Å²) in [5.74, 6) is -0.924. The van der Waals surface area contributed by atoms with Crippen molar-refractivity contribution in [3.8, 4) is 0 Å². The van der Waals surface area contributed by atoms with Crippen molar-refractivity contribution in [2.75, 3.05) is 20.1 Å². The summed E-state index contributed by atoms with van der Waals surface area (Å²) >= 11 is 0. The Morgan fingerprint density at radius 2 is 2.00 bits per heavy atom. The normalized spacial score (nSPS) is 20.0. The molecule has 1 aliphatic heterocycles. The van der Waals surface area contributed by atoms with E-state index in [2.05, 4.69) is 15.5 Å². The van der Waals surface area contributed by atoms with Crippen molar-refractivity contribution in [1.82, 2.24) is 15.5 Å². The van der Waals surface area contributed by atoms with Gasteiger partial charge in [-0.3, -0.25) is 9.69 Å². The maximum absolute atomic E-state index is 13.8. The van der Waals surface area contributed by atoms with Crippen LogP contribution in [0, 0.1) is 11.6 Å². The Bertz CT molecular complexity index is 826. The smallest absolute Gasteiger partial charge is 0.237 e. The summed E-state index contributed by atoms with van der Waals surface area (Å²) in [5.41, 5.74) is 1.40. The van der Waals surface area contributed by atoms with E-state index in [1.807, 2.05) is 42.5 Å². The fourth-order valence-electron chi connectivity index (χ4n) is 3.51. The largest absolute Gasteiger partial charge is 0.358 e. The fourth-order valence-corrected chi connectivity index (χ4v) is 3.51. The highest BCUT2D eigenvalue weighted by molar-refractivity contribution is 5.82. The Kier molecular flexibility index (Phi) is 6.90. The second kappa shape index (κ2) is 9.57. The van der Waals surface area contributed by atoms with Crippen LogP contribution in [0.4, 0.5) is 8.78 Å². The molecule has 2 aromatic rings. The summed E-state index contributed by atoms with van der Waals surface area (Å²) in [6.45, 7) is 1.52. The van der Waals surface area contributed by atoms with E-state index >= 15 is 0 Å². The molecule has 2 aromatic carbocycles. The maximum Gasteiger partial charge on any atom is 0.237 e. The van der Waals surface area contributed by atoms with Crippen LogP contribution in [-0.2, 0) is 11.3 Å². The van der Waals surface area contributed by atoms with Gasteiger partial charge in [-0.05, 0) is 30.2 Å². The van der Waals surface area contributed by atoms with E-state index < -0.39 is 11.6 Å². The van der Waals surface area contributed by atoms with E-state index in [1.54, 1.807) is 7.05 Å². The first-order valence-corrected chi connectivity index (χ1v) is 9.41. The second-order valence-corrected chi connectivity index (χ2v) is 6.95. The number of benzene rings is 2. The van der Waals surface area contributed by atoms with E-state index in [-0.39, 0.29) is 24.5 Å². The lowest BCUT2D eigenvalue weighted by Gasteiger charge is -2.21. The predicted octanol–water partition coefficient (Wildman–Crippen LogP) is 2.96. The lowest BCUT2D eigenvalue weighted by atomic mass is 10.1. The minimum atomic E-state index is -0.458. The number of hydrogen-bond acceptors (Lipinski definition) is 3. The summed E-state index contributed by atoms with van der Waals surface area (Å²) in [6.07, 6.45) is 4.69. The highest BCUT2D eigenvalue weighted by Crippen LogP contribution is 2.19. The molecule has 148 valence electrons. The molecule has 6 heteroatoms. The topological polar surface area (TPSA) is 44.4 Å². The van der Waals surface area contributed by atoms with Crippen LogP contribution in [0.25, 0.3) is 6.08 Å². The fraction of sp³-hybridized carbons (Fsp3) is 0.318. The zero-order valence-electron chi connectivity index (χ0n) is 15.9. The lowest BCUT2D eigenvalue weighted by Crippen LogP contribution is -2.41. The molecule has 4 nitrogen and oxygen atoms in total. The first-order chi connectivity index (χ1) is 13.6. The Morgan fingerprint density at radius 3 is 2.75 bits per heavy atom. The van der Waals surface area contributed by atoms with Crippen LogP contribution >= 0.6 is 0 Å². The van der Waals surface area contributed by atoms with Crippen molar-refractivity contribution >= 4 is 12.0 Å². The number of likely N-dealkylation sites (N-methyl/N-ethyl adjacent to an activating group) is 1. The molecular weight excluding hydrogens is 360 g/mol. The van der Waals surface area contributed by atoms with Crippen molar-refractivity contribution in [3.63, 3.8) is 0 Å². The summed E-state index contributed by atoms with van der Waals surface area (Å²) in [5, 5.41) is 5.97. The summed E-state index contributed by atoms with van der Waals surface area (Å²) in [6, 6.07) is 13.2. The number of likely N-dealkylation sites (tertiary alicyclic amines) is 1. The van der Waals surface area contributed by atoms with Gasteiger partial charge in [0.1, 0.15) is 11.6 Å². The van der Waals surface area contributed by atoms with Gasteiger partial charge in [0.05, 0.1) is 6.04 Å². The standard InChI is InChI=1S/C22H25F2N3O/c1-25-22(28)21-13-19(26-14-17-12-18(23)9-10-20(17)24)15-27(21)11-5-8-16-6-3-2-4-7-16/h2-10,12,19,21,26H,11,13-15H2,1H3,(H,25,28)/t19-,21-/m0/s1. The average Bonchev–Trinajstić information content (AvgIpc) is 3.12. The predicted molar refractivity (Wildman–Crippen MR) is 107 cm³/mol. The Hall–Kier alpha value is -2.57. The van der Waals surface area contributed by atoms with Crippen LogP contribution in [0.1, 0.15) is 17.5 Å². The summed E-state index contributed by atoms with van der Waals surface area (Å²) in [4.78, 5) is 14.4. The third kappa shape index (κ3) is 5.24. The lowest BCUT2D eigenvalue weighted by molar-refractivity contribution is -0.124. The van der Waals surface area contributed by atoms with Crippen molar-refractivity contribution in [3.05, 3.63) is 77.4 Å². The van der Waals surface area contributed by atoms with E-state index in [9.17, 15) is 13.6 Å². The molecule has 0 radical (unpaired) electrons. The summed E-state index contributed by atoms with van der Waals surface area (Å²) in [7, 11) is 1.63. The third-order valence-corrected chi connectivity index (χ3v) is 4.99. The number of carbonyl (C=O) groups excluding carboxylic acids is 1. The molecule has 0 aromatic heterocycles. The zero-order valence-corrected chi connectivity index (χ0v) is 15.9. The molecule has 0 unspecified atom stereocenters. The molecule has 3 rings (SSSR count). The Labute approximate surface area is 164 Å². The van der Waals surface area contributed by atoms with Gasteiger partial charge in [-0.15, -0.1) is 0 Å². The van der Waals surface area contributed by atoms with Gasteiger partial charge in [-0.25, -0.2) is 8.78 Å². The maximum atomic E-state index is 13.8. The van der Waals surface area contributed by atoms with Crippen molar-refractivity contribution in [2.45, 2.75) is 25.0 Å². The molecule has 0 spiro atoms. The van der Waals surface area contributed by atoms with Crippen LogP contribution in [-0.4, -0.2) is 43.0 Å². The molecule has 0 aliphatic carbocycles. The molecule has 28 heavy (non-hydrogen) atoms. The van der Waals surface area contributed by atoms with Gasteiger partial charge < -0.3 is 10.6 Å². The molecular formula is C22H25F2N3O. The molecule has 1 saturated heterocycles. The van der Waals surface area contributed by atoms with Crippen molar-refractivity contribution in [2.24, 2.45) is 0 Å². The van der Waals surface area contributed by atoms with Crippen molar-refractivity contribution < 1.29 is 13.6 Å². The van der Waals surface area contributed by atoms with Crippen LogP contribution < -0.4 is 10.6 Å². The summed E-state index contributed by atoms with van der Waals surface area (Å²) < 4.78 is 27.2. The van der Waals surface area contributed by atoms with Gasteiger partial charge in [0, 0.05) is 38.3 Å². The highest BCUT2D eigenvalue weighted by atomic mass is 19.1. The van der Waals surface area contributed by atoms with Crippen LogP contribution in [0.3, 0.4) is 0 Å². The van der Waals surface area contributed by atoms with E-state index in [0.717, 1.165) is 17.7 Å². The van der Waals surface area contributed by atoms with Gasteiger partial charge in [-0.2, -0.15) is 0 Å². The number of amides is 1. The number of carbonyl (C=O) groups is 1. The Morgan fingerprint density at radius 1 is 1.21 bits per heavy atom. The van der Waals surface area contributed by atoms with E-state index in [0.29, 0.717) is 25.1 Å². The molecule has 2 atom stereocenters. The van der Waals surface area contributed by atoms with Crippen LogP contribution in [0.5, 0.6) is 0 Å². The molecule has 0 bridgehead atoms. The van der Waals surface area contributed by atoms with E-state index in [4.69, 9.17) is 0 Å². The van der Waals surface area contributed by atoms with Gasteiger partial charge in [-0.1, -0.05) is 42.5 Å². The van der Waals surface area contributed by atoms with Crippen molar-refractivity contribution in [1.29, 1.82) is 0 Å². The molecule has 1 fully saturated rings. The van der Waals surface area contributed by atoms with E-state index in [1.165, 1.54) is 6.07 Å². The van der Waals surface area contributed by atoms with Crippen LogP contribution in [0.15, 0.2) is 54.6 Å². The minimum Gasteiger partial charge on any atom is -0.358 e. The second-order valence-electron chi connectivity index (χ2n) is 6.95. The number of hydrogen-bond donors (Lipinski definition) is 2. The number of rotatable bonds is 7. The zero-order chi connectivity index (χ0) is 19.9. The molecule has 2 N–H and O–H groups in total. The number of halogens is 2. The first kappa shape index (κ1) is 20.2. The number of nitrogens with zero attached hydrogens (tertiary/aromatic N) is 1. The quantitative estimate of drug-likeness (QED) is 0.770. The minimum absolute atomic E-state index is 0.0232. The monoisotopic (exact) mass is 385 g/mol. The third-order valence-electron chi connectivity index (χ3n) is 4.99. The molecule has 0 saturated carbocycles. The van der Waals surface area contributed by atoms with Gasteiger partial charge in [0.25, 0.3) is 0 Å². The molecule has 1 aliphatic rings.